The highest BCUT2D eigenvalue weighted by Gasteiger charge is 2.27. The van der Waals surface area contributed by atoms with Gasteiger partial charge in [-0.15, -0.1) is 12.4 Å². The molecule has 1 fully saturated rings. The van der Waals surface area contributed by atoms with Gasteiger partial charge in [-0.1, -0.05) is 12.8 Å². The Labute approximate surface area is 127 Å². The summed E-state index contributed by atoms with van der Waals surface area (Å²) >= 11 is 0. The lowest BCUT2D eigenvalue weighted by molar-refractivity contribution is 0.316. The Morgan fingerprint density at radius 3 is 2.10 bits per heavy atom. The van der Waals surface area contributed by atoms with Crippen LogP contribution in [0.5, 0.6) is 17.2 Å². The Kier molecular flexibility index (Phi) is 6.43. The fraction of sp³-hybridized carbons (Fsp3) is 0.600. The number of nitrogens with two attached hydrogens (primary N) is 1. The summed E-state index contributed by atoms with van der Waals surface area (Å²) < 4.78 is 16.2. The van der Waals surface area contributed by atoms with Crippen LogP contribution >= 0.6 is 12.4 Å². The van der Waals surface area contributed by atoms with Gasteiger partial charge in [0.1, 0.15) is 0 Å². The Hall–Kier alpha value is -1.13. The maximum absolute atomic E-state index is 6.42. The van der Waals surface area contributed by atoms with Crippen LogP contribution in [-0.2, 0) is 0 Å². The fourth-order valence-corrected chi connectivity index (χ4v) is 2.96. The quantitative estimate of drug-likeness (QED) is 0.906. The summed E-state index contributed by atoms with van der Waals surface area (Å²) in [5, 5.41) is 0. The SMILES string of the molecule is COc1ccc([C@@H](N)C2CCCC2)c(OC)c1OC.Cl. The first-order valence-corrected chi connectivity index (χ1v) is 6.77. The van der Waals surface area contributed by atoms with E-state index in [1.807, 2.05) is 12.1 Å². The van der Waals surface area contributed by atoms with Crippen LogP contribution in [-0.4, -0.2) is 21.3 Å². The Morgan fingerprint density at radius 1 is 1.00 bits per heavy atom. The zero-order valence-corrected chi connectivity index (χ0v) is 13.2. The molecule has 20 heavy (non-hydrogen) atoms. The fourth-order valence-electron chi connectivity index (χ4n) is 2.96. The number of ether oxygens (including phenoxy) is 3. The van der Waals surface area contributed by atoms with Gasteiger partial charge in [-0.2, -0.15) is 0 Å². The molecule has 0 aliphatic heterocycles. The molecular weight excluding hydrogens is 278 g/mol. The van der Waals surface area contributed by atoms with E-state index in [0.717, 1.165) is 5.56 Å². The molecule has 0 heterocycles. The predicted molar refractivity (Wildman–Crippen MR) is 82.2 cm³/mol. The topological polar surface area (TPSA) is 53.7 Å². The first-order chi connectivity index (χ1) is 9.22. The van der Waals surface area contributed by atoms with E-state index in [2.05, 4.69) is 0 Å². The summed E-state index contributed by atoms with van der Waals surface area (Å²) in [6.45, 7) is 0. The second-order valence-electron chi connectivity index (χ2n) is 4.99. The van der Waals surface area contributed by atoms with E-state index in [4.69, 9.17) is 19.9 Å². The molecule has 5 heteroatoms. The largest absolute Gasteiger partial charge is 0.493 e. The van der Waals surface area contributed by atoms with Gasteiger partial charge in [0.25, 0.3) is 0 Å². The molecule has 114 valence electrons. The van der Waals surface area contributed by atoms with Crippen LogP contribution in [0.3, 0.4) is 0 Å². The molecule has 2 rings (SSSR count). The first kappa shape index (κ1) is 16.9. The van der Waals surface area contributed by atoms with Gasteiger partial charge in [0.2, 0.25) is 5.75 Å². The van der Waals surface area contributed by atoms with Crippen molar-refractivity contribution in [3.8, 4) is 17.2 Å². The molecule has 2 N–H and O–H groups in total. The minimum Gasteiger partial charge on any atom is -0.493 e. The summed E-state index contributed by atoms with van der Waals surface area (Å²) in [4.78, 5) is 0. The van der Waals surface area contributed by atoms with Crippen LogP contribution in [0.4, 0.5) is 0 Å². The summed E-state index contributed by atoms with van der Waals surface area (Å²) in [6, 6.07) is 3.88. The molecule has 0 bridgehead atoms. The first-order valence-electron chi connectivity index (χ1n) is 6.77. The summed E-state index contributed by atoms with van der Waals surface area (Å²) in [6.07, 6.45) is 4.93. The van der Waals surface area contributed by atoms with Crippen molar-refractivity contribution in [3.63, 3.8) is 0 Å². The van der Waals surface area contributed by atoms with Gasteiger partial charge in [-0.3, -0.25) is 0 Å². The molecule has 1 aliphatic carbocycles. The van der Waals surface area contributed by atoms with E-state index in [9.17, 15) is 0 Å². The van der Waals surface area contributed by atoms with Crippen molar-refractivity contribution >= 4 is 12.4 Å². The van der Waals surface area contributed by atoms with Crippen molar-refractivity contribution in [1.82, 2.24) is 0 Å². The Bertz CT molecular complexity index is 433. The van der Waals surface area contributed by atoms with Crippen LogP contribution in [0.25, 0.3) is 0 Å². The molecule has 1 aliphatic rings. The highest BCUT2D eigenvalue weighted by Crippen LogP contribution is 2.45. The van der Waals surface area contributed by atoms with E-state index >= 15 is 0 Å². The summed E-state index contributed by atoms with van der Waals surface area (Å²) in [5.74, 6) is 2.52. The Balaban J connectivity index is 0.00000200. The second-order valence-corrected chi connectivity index (χ2v) is 4.99. The van der Waals surface area contributed by atoms with Gasteiger partial charge in [0, 0.05) is 11.6 Å². The maximum atomic E-state index is 6.42. The van der Waals surface area contributed by atoms with Crippen LogP contribution in [0, 0.1) is 5.92 Å². The molecule has 0 saturated heterocycles. The molecule has 1 saturated carbocycles. The number of halogens is 1. The molecule has 0 radical (unpaired) electrons. The van der Waals surface area contributed by atoms with Crippen molar-refractivity contribution in [2.75, 3.05) is 21.3 Å². The monoisotopic (exact) mass is 301 g/mol. The molecule has 1 aromatic rings. The van der Waals surface area contributed by atoms with Crippen molar-refractivity contribution < 1.29 is 14.2 Å². The zero-order valence-electron chi connectivity index (χ0n) is 12.3. The highest BCUT2D eigenvalue weighted by molar-refractivity contribution is 5.85. The Morgan fingerprint density at radius 2 is 1.60 bits per heavy atom. The van der Waals surface area contributed by atoms with Gasteiger partial charge < -0.3 is 19.9 Å². The number of rotatable bonds is 5. The van der Waals surface area contributed by atoms with Crippen LogP contribution in [0.2, 0.25) is 0 Å². The van der Waals surface area contributed by atoms with E-state index in [1.54, 1.807) is 21.3 Å². The molecule has 4 nitrogen and oxygen atoms in total. The third-order valence-corrected chi connectivity index (χ3v) is 4.00. The van der Waals surface area contributed by atoms with Gasteiger partial charge in [0.05, 0.1) is 21.3 Å². The van der Waals surface area contributed by atoms with Gasteiger partial charge in [0.15, 0.2) is 11.5 Å². The highest BCUT2D eigenvalue weighted by atomic mass is 35.5. The average molecular weight is 302 g/mol. The van der Waals surface area contributed by atoms with E-state index in [-0.39, 0.29) is 18.4 Å². The third-order valence-electron chi connectivity index (χ3n) is 4.00. The molecule has 0 aromatic heterocycles. The predicted octanol–water partition coefficient (Wildman–Crippen LogP) is 3.32. The van der Waals surface area contributed by atoms with Crippen molar-refractivity contribution in [2.24, 2.45) is 11.7 Å². The van der Waals surface area contributed by atoms with E-state index in [1.165, 1.54) is 25.7 Å². The van der Waals surface area contributed by atoms with Crippen LogP contribution < -0.4 is 19.9 Å². The van der Waals surface area contributed by atoms with Gasteiger partial charge in [-0.05, 0) is 30.9 Å². The zero-order chi connectivity index (χ0) is 13.8. The minimum absolute atomic E-state index is 0. The maximum Gasteiger partial charge on any atom is 0.203 e. The lowest BCUT2D eigenvalue weighted by atomic mass is 9.91. The lowest BCUT2D eigenvalue weighted by Gasteiger charge is -2.23. The van der Waals surface area contributed by atoms with E-state index < -0.39 is 0 Å². The van der Waals surface area contributed by atoms with Gasteiger partial charge in [-0.25, -0.2) is 0 Å². The van der Waals surface area contributed by atoms with Crippen molar-refractivity contribution in [3.05, 3.63) is 17.7 Å². The normalized spacial score (nSPS) is 16.4. The third kappa shape index (κ3) is 3.13. The second kappa shape index (κ2) is 7.60. The number of methoxy groups -OCH3 is 3. The summed E-state index contributed by atoms with van der Waals surface area (Å²) in [7, 11) is 4.88. The van der Waals surface area contributed by atoms with Crippen LogP contribution in [0.1, 0.15) is 37.3 Å². The van der Waals surface area contributed by atoms with Crippen molar-refractivity contribution in [1.29, 1.82) is 0 Å². The molecule has 0 amide bonds. The van der Waals surface area contributed by atoms with Crippen molar-refractivity contribution in [2.45, 2.75) is 31.7 Å². The molecular formula is C15H24ClNO3. The molecule has 1 atom stereocenters. The lowest BCUT2D eigenvalue weighted by Crippen LogP contribution is -2.20. The number of hydrogen-bond donors (Lipinski definition) is 1. The molecule has 0 spiro atoms. The van der Waals surface area contributed by atoms with Gasteiger partial charge >= 0.3 is 0 Å². The smallest absolute Gasteiger partial charge is 0.203 e. The minimum atomic E-state index is -0.00254. The number of benzene rings is 1. The van der Waals surface area contributed by atoms with E-state index in [0.29, 0.717) is 23.2 Å². The summed E-state index contributed by atoms with van der Waals surface area (Å²) in [5.41, 5.74) is 7.42. The average Bonchev–Trinajstić information content (AvgIpc) is 2.98. The molecule has 0 unspecified atom stereocenters. The standard InChI is InChI=1S/C15H23NO3.ClH/c1-17-12-9-8-11(14(18-2)15(12)19-3)13(16)10-6-4-5-7-10;/h8-10,13H,4-7,16H2,1-3H3;1H/t13-;/m0./s1. The number of hydrogen-bond acceptors (Lipinski definition) is 4. The molecule has 1 aromatic carbocycles. The van der Waals surface area contributed by atoms with Crippen LogP contribution in [0.15, 0.2) is 12.1 Å².